The molecule has 0 atom stereocenters. The topological polar surface area (TPSA) is 116 Å². The Morgan fingerprint density at radius 3 is 2.39 bits per heavy atom. The number of hydroxylamine groups is 2. The maximum atomic E-state index is 12.5. The number of azide groups is 1. The lowest BCUT2D eigenvalue weighted by Gasteiger charge is -2.21. The van der Waals surface area contributed by atoms with Crippen LogP contribution in [0.2, 0.25) is 0 Å². The van der Waals surface area contributed by atoms with Crippen molar-refractivity contribution in [3.63, 3.8) is 0 Å². The number of hydrogen-bond donors (Lipinski definition) is 1. The number of carboxylic acids is 1. The summed E-state index contributed by atoms with van der Waals surface area (Å²) in [7, 11) is 0. The highest BCUT2D eigenvalue weighted by Gasteiger charge is 2.16. The normalized spacial score (nSPS) is 10.1. The Kier molecular flexibility index (Phi) is 8.52. The fraction of sp³-hybridized carbons (Fsp3) is 0.300. The van der Waals surface area contributed by atoms with Gasteiger partial charge in [0.2, 0.25) is 5.91 Å². The number of rotatable bonds is 11. The molecule has 0 unspecified atom stereocenters. The Bertz CT molecular complexity index is 818. The third-order valence-electron chi connectivity index (χ3n) is 3.99. The molecule has 8 nitrogen and oxygen atoms in total. The summed E-state index contributed by atoms with van der Waals surface area (Å²) < 4.78 is 0. The Balaban J connectivity index is 1.85. The van der Waals surface area contributed by atoms with Crippen molar-refractivity contribution in [2.75, 3.05) is 6.54 Å². The standard InChI is InChI=1S/C20H22N4O4/c21-23-22-18-11-9-16(10-12-18)7-4-8-19(25)24(14-13-20(26)27)28-15-17-5-2-1-3-6-17/h1-3,5-6,9-12H,4,7-8,13-15H2,(H,26,27). The van der Waals surface area contributed by atoms with Gasteiger partial charge in [0.1, 0.15) is 6.61 Å². The first-order chi connectivity index (χ1) is 13.6. The minimum Gasteiger partial charge on any atom is -0.481 e. The highest BCUT2D eigenvalue weighted by molar-refractivity contribution is 5.76. The van der Waals surface area contributed by atoms with Crippen molar-refractivity contribution in [3.05, 3.63) is 76.2 Å². The summed E-state index contributed by atoms with van der Waals surface area (Å²) in [5.41, 5.74) is 10.9. The van der Waals surface area contributed by atoms with Gasteiger partial charge in [-0.25, -0.2) is 5.06 Å². The van der Waals surface area contributed by atoms with Crippen molar-refractivity contribution in [2.45, 2.75) is 32.3 Å². The predicted octanol–water partition coefficient (Wildman–Crippen LogP) is 4.39. The van der Waals surface area contributed by atoms with Crippen molar-refractivity contribution < 1.29 is 19.5 Å². The molecule has 8 heteroatoms. The van der Waals surface area contributed by atoms with Crippen LogP contribution in [-0.4, -0.2) is 28.6 Å². The SMILES string of the molecule is [N-]=[N+]=Nc1ccc(CCCC(=O)N(CCC(=O)O)OCc2ccccc2)cc1. The Morgan fingerprint density at radius 2 is 1.75 bits per heavy atom. The fourth-order valence-corrected chi connectivity index (χ4v) is 2.53. The molecule has 0 bridgehead atoms. The molecule has 146 valence electrons. The van der Waals surface area contributed by atoms with Gasteiger partial charge in [0.05, 0.1) is 13.0 Å². The second-order valence-corrected chi connectivity index (χ2v) is 6.11. The van der Waals surface area contributed by atoms with Crippen LogP contribution in [0.3, 0.4) is 0 Å². The number of carbonyl (C=O) groups is 2. The van der Waals surface area contributed by atoms with Crippen LogP contribution in [0.15, 0.2) is 59.7 Å². The van der Waals surface area contributed by atoms with Gasteiger partial charge in [0.15, 0.2) is 0 Å². The lowest BCUT2D eigenvalue weighted by Crippen LogP contribution is -2.33. The van der Waals surface area contributed by atoms with E-state index in [4.69, 9.17) is 15.5 Å². The van der Waals surface area contributed by atoms with E-state index in [-0.39, 0.29) is 31.9 Å². The first-order valence-electron chi connectivity index (χ1n) is 8.91. The molecule has 0 heterocycles. The van der Waals surface area contributed by atoms with Gasteiger partial charge in [-0.1, -0.05) is 59.7 Å². The van der Waals surface area contributed by atoms with Gasteiger partial charge in [-0.3, -0.25) is 14.4 Å². The molecule has 0 radical (unpaired) electrons. The molecule has 0 spiro atoms. The number of carboxylic acid groups (broad SMARTS) is 1. The molecule has 1 amide bonds. The number of aliphatic carboxylic acids is 1. The lowest BCUT2D eigenvalue weighted by molar-refractivity contribution is -0.192. The third-order valence-corrected chi connectivity index (χ3v) is 3.99. The largest absolute Gasteiger partial charge is 0.481 e. The van der Waals surface area contributed by atoms with Crippen molar-refractivity contribution in [3.8, 4) is 0 Å². The van der Waals surface area contributed by atoms with E-state index in [0.29, 0.717) is 18.5 Å². The second-order valence-electron chi connectivity index (χ2n) is 6.11. The quantitative estimate of drug-likeness (QED) is 0.268. The molecule has 0 aliphatic carbocycles. The van der Waals surface area contributed by atoms with Gasteiger partial charge < -0.3 is 5.11 Å². The molecule has 0 aromatic heterocycles. The van der Waals surface area contributed by atoms with E-state index < -0.39 is 5.97 Å². The monoisotopic (exact) mass is 382 g/mol. The molecule has 2 aromatic carbocycles. The molecule has 0 aliphatic rings. The van der Waals surface area contributed by atoms with Crippen molar-refractivity contribution >= 4 is 17.6 Å². The van der Waals surface area contributed by atoms with Crippen LogP contribution >= 0.6 is 0 Å². The van der Waals surface area contributed by atoms with Gasteiger partial charge in [0, 0.05) is 17.0 Å². The van der Waals surface area contributed by atoms with Gasteiger partial charge in [-0.15, -0.1) is 0 Å². The number of carbonyl (C=O) groups excluding carboxylic acids is 1. The number of amides is 1. The summed E-state index contributed by atoms with van der Waals surface area (Å²) in [6.45, 7) is 0.203. The molecule has 0 aliphatic heterocycles. The van der Waals surface area contributed by atoms with E-state index in [9.17, 15) is 9.59 Å². The first kappa shape index (κ1) is 21.0. The Labute approximate surface area is 162 Å². The summed E-state index contributed by atoms with van der Waals surface area (Å²) in [5.74, 6) is -1.23. The zero-order chi connectivity index (χ0) is 20.2. The van der Waals surface area contributed by atoms with Crippen LogP contribution in [-0.2, 0) is 27.5 Å². The number of hydrogen-bond acceptors (Lipinski definition) is 4. The van der Waals surface area contributed by atoms with Crippen LogP contribution in [0.1, 0.15) is 30.4 Å². The zero-order valence-electron chi connectivity index (χ0n) is 15.4. The smallest absolute Gasteiger partial charge is 0.305 e. The van der Waals surface area contributed by atoms with E-state index in [2.05, 4.69) is 10.0 Å². The number of nitrogens with zero attached hydrogens (tertiary/aromatic N) is 4. The summed E-state index contributed by atoms with van der Waals surface area (Å²) >= 11 is 0. The Hall–Kier alpha value is -3.35. The first-order valence-corrected chi connectivity index (χ1v) is 8.91. The molecule has 0 fully saturated rings. The molecule has 0 saturated heterocycles. The average molecular weight is 382 g/mol. The summed E-state index contributed by atoms with van der Waals surface area (Å²) in [5, 5.41) is 13.6. The molecular formula is C20H22N4O4. The zero-order valence-corrected chi connectivity index (χ0v) is 15.4. The van der Waals surface area contributed by atoms with Gasteiger partial charge in [0.25, 0.3) is 0 Å². The maximum absolute atomic E-state index is 12.5. The lowest BCUT2D eigenvalue weighted by atomic mass is 10.1. The highest BCUT2D eigenvalue weighted by atomic mass is 16.7. The molecular weight excluding hydrogens is 360 g/mol. The van der Waals surface area contributed by atoms with Gasteiger partial charge in [-0.2, -0.15) is 0 Å². The van der Waals surface area contributed by atoms with Crippen molar-refractivity contribution in [1.29, 1.82) is 0 Å². The van der Waals surface area contributed by atoms with Crippen molar-refractivity contribution in [2.24, 2.45) is 5.11 Å². The minimum absolute atomic E-state index is 0.00185. The van der Waals surface area contributed by atoms with Crippen LogP contribution in [0.5, 0.6) is 0 Å². The molecule has 1 N–H and O–H groups in total. The van der Waals surface area contributed by atoms with Crippen LogP contribution < -0.4 is 0 Å². The predicted molar refractivity (Wildman–Crippen MR) is 103 cm³/mol. The highest BCUT2D eigenvalue weighted by Crippen LogP contribution is 2.15. The Morgan fingerprint density at radius 1 is 1.04 bits per heavy atom. The molecule has 2 aromatic rings. The van der Waals surface area contributed by atoms with Crippen LogP contribution in [0.25, 0.3) is 10.4 Å². The van der Waals surface area contributed by atoms with E-state index in [1.165, 1.54) is 0 Å². The second kappa shape index (κ2) is 11.4. The van der Waals surface area contributed by atoms with Crippen molar-refractivity contribution in [1.82, 2.24) is 5.06 Å². The molecule has 0 saturated carbocycles. The van der Waals surface area contributed by atoms with E-state index >= 15 is 0 Å². The summed E-state index contributed by atoms with van der Waals surface area (Å²) in [6.07, 6.45) is 1.33. The number of benzene rings is 2. The fourth-order valence-electron chi connectivity index (χ4n) is 2.53. The van der Waals surface area contributed by atoms with Crippen LogP contribution in [0, 0.1) is 0 Å². The van der Waals surface area contributed by atoms with E-state index in [1.807, 2.05) is 42.5 Å². The number of aryl methyl sites for hydroxylation is 1. The summed E-state index contributed by atoms with van der Waals surface area (Å²) in [4.78, 5) is 31.6. The van der Waals surface area contributed by atoms with Crippen LogP contribution in [0.4, 0.5) is 5.69 Å². The maximum Gasteiger partial charge on any atom is 0.305 e. The van der Waals surface area contributed by atoms with Gasteiger partial charge in [-0.05, 0) is 29.5 Å². The third kappa shape index (κ3) is 7.49. The average Bonchev–Trinajstić information content (AvgIpc) is 2.70. The van der Waals surface area contributed by atoms with Gasteiger partial charge >= 0.3 is 5.97 Å². The molecule has 28 heavy (non-hydrogen) atoms. The minimum atomic E-state index is -0.985. The molecule has 2 rings (SSSR count). The summed E-state index contributed by atoms with van der Waals surface area (Å²) in [6, 6.07) is 16.5. The van der Waals surface area contributed by atoms with E-state index in [1.54, 1.807) is 12.1 Å². The van der Waals surface area contributed by atoms with E-state index in [0.717, 1.165) is 16.2 Å².